The number of rotatable bonds is 7. The molecule has 9 nitrogen and oxygen atoms in total. The molecule has 0 fully saturated rings. The Bertz CT molecular complexity index is 1200. The molecule has 0 atom stereocenters. The van der Waals surface area contributed by atoms with Crippen LogP contribution in [0, 0.1) is 0 Å². The molecule has 0 unspecified atom stereocenters. The molecular weight excluding hydrogens is 388 g/mol. The lowest BCUT2D eigenvalue weighted by Crippen LogP contribution is -2.03. The SMILES string of the molecule is O=C(O)c1c[nH]c2ncc(-c3nn(CCCO)c4ccc(OC(F)F)cc34)nc12. The second-order valence-electron chi connectivity index (χ2n) is 6.17. The molecule has 4 aromatic rings. The molecule has 150 valence electrons. The zero-order valence-corrected chi connectivity index (χ0v) is 14.8. The van der Waals surface area contributed by atoms with Crippen LogP contribution in [0.2, 0.25) is 0 Å². The number of carboxylic acids is 1. The van der Waals surface area contributed by atoms with Crippen molar-refractivity contribution in [1.82, 2.24) is 24.7 Å². The van der Waals surface area contributed by atoms with Gasteiger partial charge in [-0.25, -0.2) is 14.8 Å². The van der Waals surface area contributed by atoms with Gasteiger partial charge in [0, 0.05) is 24.7 Å². The van der Waals surface area contributed by atoms with Gasteiger partial charge in [0.05, 0.1) is 11.7 Å². The van der Waals surface area contributed by atoms with Crippen molar-refractivity contribution in [3.05, 3.63) is 36.2 Å². The maximum atomic E-state index is 12.6. The van der Waals surface area contributed by atoms with Gasteiger partial charge in [0.25, 0.3) is 0 Å². The van der Waals surface area contributed by atoms with Gasteiger partial charge in [-0.05, 0) is 24.6 Å². The monoisotopic (exact) mass is 403 g/mol. The van der Waals surface area contributed by atoms with Gasteiger partial charge >= 0.3 is 12.6 Å². The number of ether oxygens (including phenoxy) is 1. The first-order valence-corrected chi connectivity index (χ1v) is 8.62. The van der Waals surface area contributed by atoms with Gasteiger partial charge in [-0.3, -0.25) is 4.68 Å². The number of aliphatic hydroxyl groups excluding tert-OH is 1. The molecule has 0 saturated carbocycles. The molecule has 0 bridgehead atoms. The lowest BCUT2D eigenvalue weighted by Gasteiger charge is -2.05. The number of nitrogens with one attached hydrogen (secondary N) is 1. The highest BCUT2D eigenvalue weighted by atomic mass is 19.3. The van der Waals surface area contributed by atoms with Gasteiger partial charge in [-0.15, -0.1) is 0 Å². The van der Waals surface area contributed by atoms with Crippen LogP contribution in [0.5, 0.6) is 5.75 Å². The first kappa shape index (κ1) is 18.7. The van der Waals surface area contributed by atoms with Crippen LogP contribution in [0.25, 0.3) is 33.5 Å². The summed E-state index contributed by atoms with van der Waals surface area (Å²) in [5, 5.41) is 23.4. The molecule has 0 aliphatic heterocycles. The molecular formula is C18H15F2N5O4. The number of benzene rings is 1. The summed E-state index contributed by atoms with van der Waals surface area (Å²) in [6.07, 6.45) is 3.16. The highest BCUT2D eigenvalue weighted by Gasteiger charge is 2.19. The number of carbonyl (C=O) groups is 1. The molecule has 11 heteroatoms. The third kappa shape index (κ3) is 3.47. The van der Waals surface area contributed by atoms with Gasteiger partial charge in [-0.2, -0.15) is 13.9 Å². The quantitative estimate of drug-likeness (QED) is 0.433. The predicted molar refractivity (Wildman–Crippen MR) is 97.9 cm³/mol. The molecule has 3 heterocycles. The number of hydrogen-bond acceptors (Lipinski definition) is 6. The highest BCUT2D eigenvalue weighted by Crippen LogP contribution is 2.31. The van der Waals surface area contributed by atoms with E-state index in [0.717, 1.165) is 0 Å². The smallest absolute Gasteiger partial charge is 0.387 e. The second-order valence-corrected chi connectivity index (χ2v) is 6.17. The van der Waals surface area contributed by atoms with Gasteiger partial charge in [-0.1, -0.05) is 0 Å². The Hall–Kier alpha value is -3.60. The summed E-state index contributed by atoms with van der Waals surface area (Å²) in [5.74, 6) is -1.20. The van der Waals surface area contributed by atoms with E-state index >= 15 is 0 Å². The van der Waals surface area contributed by atoms with Crippen molar-refractivity contribution in [2.75, 3.05) is 6.61 Å². The van der Waals surface area contributed by atoms with Crippen LogP contribution in [0.4, 0.5) is 8.78 Å². The minimum Gasteiger partial charge on any atom is -0.478 e. The van der Waals surface area contributed by atoms with E-state index in [1.165, 1.54) is 24.5 Å². The topological polar surface area (TPSA) is 126 Å². The second kappa shape index (κ2) is 7.43. The molecule has 29 heavy (non-hydrogen) atoms. The van der Waals surface area contributed by atoms with Gasteiger partial charge in [0.2, 0.25) is 0 Å². The van der Waals surface area contributed by atoms with Crippen LogP contribution in [0.3, 0.4) is 0 Å². The number of aromatic amines is 1. The normalized spacial score (nSPS) is 11.6. The average molecular weight is 403 g/mol. The van der Waals surface area contributed by atoms with E-state index in [1.54, 1.807) is 10.7 Å². The van der Waals surface area contributed by atoms with Crippen LogP contribution < -0.4 is 4.74 Å². The number of fused-ring (bicyclic) bond motifs is 2. The average Bonchev–Trinajstić information content (AvgIpc) is 3.26. The number of aliphatic hydroxyl groups is 1. The lowest BCUT2D eigenvalue weighted by atomic mass is 10.1. The lowest BCUT2D eigenvalue weighted by molar-refractivity contribution is -0.0497. The summed E-state index contributed by atoms with van der Waals surface area (Å²) in [5.41, 5.74) is 1.67. The summed E-state index contributed by atoms with van der Waals surface area (Å²) in [7, 11) is 0. The van der Waals surface area contributed by atoms with Crippen molar-refractivity contribution < 1.29 is 28.5 Å². The highest BCUT2D eigenvalue weighted by molar-refractivity contribution is 6.01. The molecule has 3 aromatic heterocycles. The Morgan fingerprint density at radius 3 is 2.90 bits per heavy atom. The van der Waals surface area contributed by atoms with E-state index in [2.05, 4.69) is 24.8 Å². The molecule has 3 N–H and O–H groups in total. The summed E-state index contributed by atoms with van der Waals surface area (Å²) >= 11 is 0. The van der Waals surface area contributed by atoms with Crippen molar-refractivity contribution in [1.29, 1.82) is 0 Å². The number of alkyl halides is 2. The Kier molecular flexibility index (Phi) is 4.80. The summed E-state index contributed by atoms with van der Waals surface area (Å²) < 4.78 is 31.3. The minimum atomic E-state index is -2.98. The minimum absolute atomic E-state index is 0.0413. The molecule has 0 amide bonds. The van der Waals surface area contributed by atoms with Crippen molar-refractivity contribution >= 4 is 28.0 Å². The summed E-state index contributed by atoms with van der Waals surface area (Å²) in [6, 6.07) is 4.41. The van der Waals surface area contributed by atoms with E-state index < -0.39 is 12.6 Å². The van der Waals surface area contributed by atoms with Gasteiger partial charge in [0.15, 0.2) is 5.65 Å². The van der Waals surface area contributed by atoms with E-state index in [0.29, 0.717) is 35.2 Å². The van der Waals surface area contributed by atoms with Crippen LogP contribution in [0.15, 0.2) is 30.6 Å². The maximum Gasteiger partial charge on any atom is 0.387 e. The zero-order valence-electron chi connectivity index (χ0n) is 14.8. The first-order chi connectivity index (χ1) is 14.0. The van der Waals surface area contributed by atoms with E-state index in [-0.39, 0.29) is 29.1 Å². The van der Waals surface area contributed by atoms with E-state index in [1.807, 2.05) is 0 Å². The van der Waals surface area contributed by atoms with Crippen molar-refractivity contribution in [2.45, 2.75) is 19.6 Å². The zero-order chi connectivity index (χ0) is 20.5. The van der Waals surface area contributed by atoms with Gasteiger partial charge in [0.1, 0.15) is 28.2 Å². The Balaban J connectivity index is 1.90. The summed E-state index contributed by atoms with van der Waals surface area (Å²) in [6.45, 7) is -2.63. The number of H-pyrrole nitrogens is 1. The molecule has 0 saturated heterocycles. The molecule has 0 radical (unpaired) electrons. The van der Waals surface area contributed by atoms with E-state index in [9.17, 15) is 18.7 Å². The molecule has 0 aliphatic rings. The third-order valence-electron chi connectivity index (χ3n) is 4.33. The number of nitrogens with zero attached hydrogens (tertiary/aromatic N) is 4. The fourth-order valence-electron chi connectivity index (χ4n) is 3.08. The molecule has 1 aromatic carbocycles. The molecule has 0 aliphatic carbocycles. The van der Waals surface area contributed by atoms with E-state index in [4.69, 9.17) is 5.11 Å². The predicted octanol–water partition coefficient (Wildman–Crippen LogP) is 2.66. The Morgan fingerprint density at radius 1 is 1.34 bits per heavy atom. The summed E-state index contributed by atoms with van der Waals surface area (Å²) in [4.78, 5) is 22.7. The Morgan fingerprint density at radius 2 is 2.17 bits per heavy atom. The maximum absolute atomic E-state index is 12.6. The van der Waals surface area contributed by atoms with Crippen LogP contribution >= 0.6 is 0 Å². The number of aryl methyl sites for hydroxylation is 1. The third-order valence-corrected chi connectivity index (χ3v) is 4.33. The largest absolute Gasteiger partial charge is 0.478 e. The van der Waals surface area contributed by atoms with Crippen LogP contribution in [0.1, 0.15) is 16.8 Å². The standard InChI is InChI=1S/C18H15F2N5O4/c19-18(20)29-9-2-3-13-10(6-9)14(24-25(13)4-1-5-26)12-8-22-16-15(23-12)11(7-21-16)17(27)28/h2-3,6-8,18,26H,1,4-5H2,(H,21,22)(H,27,28). The van der Waals surface area contributed by atoms with Crippen LogP contribution in [-0.2, 0) is 6.54 Å². The van der Waals surface area contributed by atoms with Crippen molar-refractivity contribution in [3.8, 4) is 17.1 Å². The van der Waals surface area contributed by atoms with Crippen molar-refractivity contribution in [2.24, 2.45) is 0 Å². The van der Waals surface area contributed by atoms with Crippen molar-refractivity contribution in [3.63, 3.8) is 0 Å². The van der Waals surface area contributed by atoms with Gasteiger partial charge < -0.3 is 19.9 Å². The van der Waals surface area contributed by atoms with Crippen LogP contribution in [-0.4, -0.2) is 54.1 Å². The number of aromatic nitrogens is 5. The number of hydrogen-bond donors (Lipinski definition) is 3. The number of halogens is 2. The molecule has 4 rings (SSSR count). The fourth-order valence-corrected chi connectivity index (χ4v) is 3.08. The number of aromatic carboxylic acids is 1. The first-order valence-electron chi connectivity index (χ1n) is 8.62. The number of carboxylic acid groups (broad SMARTS) is 1. The fraction of sp³-hybridized carbons (Fsp3) is 0.222. The molecule has 0 spiro atoms. The Labute approximate surface area is 161 Å².